The minimum Gasteiger partial charge on any atom is -0.384 e. The number of hydrogen-bond donors (Lipinski definition) is 2. The van der Waals surface area contributed by atoms with Gasteiger partial charge in [0.25, 0.3) is 0 Å². The van der Waals surface area contributed by atoms with Crippen molar-refractivity contribution in [2.75, 3.05) is 12.3 Å². The van der Waals surface area contributed by atoms with Crippen molar-refractivity contribution in [1.82, 2.24) is 15.1 Å². The Balaban J connectivity index is 2.49. The van der Waals surface area contributed by atoms with E-state index in [-0.39, 0.29) is 5.54 Å². The highest BCUT2D eigenvalue weighted by molar-refractivity contribution is 5.45. The van der Waals surface area contributed by atoms with Crippen LogP contribution >= 0.6 is 0 Å². The molecule has 0 unspecified atom stereocenters. The molecule has 0 aromatic carbocycles. The highest BCUT2D eigenvalue weighted by Crippen LogP contribution is 2.25. The van der Waals surface area contributed by atoms with E-state index in [1.807, 2.05) is 4.68 Å². The van der Waals surface area contributed by atoms with Gasteiger partial charge in [-0.05, 0) is 20.8 Å². The third-order valence-corrected chi connectivity index (χ3v) is 2.58. The zero-order valence-corrected chi connectivity index (χ0v) is 9.09. The maximum atomic E-state index is 6.07. The molecule has 0 amide bonds. The van der Waals surface area contributed by atoms with Crippen molar-refractivity contribution in [3.05, 3.63) is 11.3 Å². The molecule has 0 fully saturated rings. The Morgan fingerprint density at radius 2 is 2.14 bits per heavy atom. The molecule has 0 radical (unpaired) electrons. The van der Waals surface area contributed by atoms with E-state index in [9.17, 15) is 0 Å². The number of nitrogen functional groups attached to an aromatic ring is 1. The summed E-state index contributed by atoms with van der Waals surface area (Å²) in [5, 5.41) is 7.89. The van der Waals surface area contributed by atoms with Gasteiger partial charge in [-0.1, -0.05) is 0 Å². The molecule has 3 N–H and O–H groups in total. The minimum atomic E-state index is -0.0264. The zero-order chi connectivity index (χ0) is 10.3. The maximum absolute atomic E-state index is 6.07. The highest BCUT2D eigenvalue weighted by atomic mass is 15.4. The fourth-order valence-electron chi connectivity index (χ4n) is 1.84. The van der Waals surface area contributed by atoms with Gasteiger partial charge in [0.1, 0.15) is 5.82 Å². The molecule has 0 saturated heterocycles. The molecule has 0 spiro atoms. The quantitative estimate of drug-likeness (QED) is 0.644. The van der Waals surface area contributed by atoms with Gasteiger partial charge in [-0.15, -0.1) is 0 Å². The van der Waals surface area contributed by atoms with Crippen LogP contribution in [0.15, 0.2) is 0 Å². The van der Waals surface area contributed by atoms with E-state index >= 15 is 0 Å². The number of nitrogens with two attached hydrogens (primary N) is 1. The Kier molecular flexibility index (Phi) is 2.03. The van der Waals surface area contributed by atoms with E-state index in [0.29, 0.717) is 0 Å². The number of anilines is 1. The molecule has 1 aliphatic rings. The van der Waals surface area contributed by atoms with Crippen LogP contribution in [0, 0.1) is 0 Å². The smallest absolute Gasteiger partial charge is 0.127 e. The van der Waals surface area contributed by atoms with Crippen molar-refractivity contribution in [1.29, 1.82) is 0 Å². The number of rotatable bonds is 0. The van der Waals surface area contributed by atoms with Crippen LogP contribution in [0.2, 0.25) is 0 Å². The Bertz CT molecular complexity index is 346. The van der Waals surface area contributed by atoms with Gasteiger partial charge in [0, 0.05) is 25.1 Å². The monoisotopic (exact) mass is 194 g/mol. The van der Waals surface area contributed by atoms with E-state index in [1.165, 1.54) is 5.56 Å². The van der Waals surface area contributed by atoms with E-state index in [2.05, 4.69) is 31.2 Å². The summed E-state index contributed by atoms with van der Waals surface area (Å²) in [6.07, 6.45) is 0.989. The van der Waals surface area contributed by atoms with Crippen LogP contribution in [-0.2, 0) is 18.5 Å². The van der Waals surface area contributed by atoms with Crippen LogP contribution in [0.1, 0.15) is 32.0 Å². The predicted octanol–water partition coefficient (Wildman–Crippen LogP) is 0.866. The molecule has 4 heteroatoms. The zero-order valence-electron chi connectivity index (χ0n) is 9.09. The normalized spacial score (nSPS) is 16.8. The molecule has 0 atom stereocenters. The molecule has 1 aliphatic heterocycles. The van der Waals surface area contributed by atoms with Crippen LogP contribution in [0.5, 0.6) is 0 Å². The summed E-state index contributed by atoms with van der Waals surface area (Å²) in [5.41, 5.74) is 8.39. The molecule has 78 valence electrons. The summed E-state index contributed by atoms with van der Waals surface area (Å²) in [6.45, 7) is 8.23. The number of fused-ring (bicyclic) bond motifs is 1. The molecule has 2 rings (SSSR count). The first-order valence-electron chi connectivity index (χ1n) is 5.07. The average molecular weight is 194 g/mol. The molecular formula is C10H18N4. The van der Waals surface area contributed by atoms with Crippen LogP contribution in [-0.4, -0.2) is 16.3 Å². The van der Waals surface area contributed by atoms with Gasteiger partial charge in [0.05, 0.1) is 11.2 Å². The van der Waals surface area contributed by atoms with Crippen molar-refractivity contribution in [3.8, 4) is 0 Å². The molecule has 14 heavy (non-hydrogen) atoms. The van der Waals surface area contributed by atoms with Gasteiger partial charge in [0.2, 0.25) is 0 Å². The summed E-state index contributed by atoms with van der Waals surface area (Å²) >= 11 is 0. The van der Waals surface area contributed by atoms with Gasteiger partial charge in [-0.25, -0.2) is 4.68 Å². The van der Waals surface area contributed by atoms with E-state index in [1.54, 1.807) is 0 Å². The van der Waals surface area contributed by atoms with E-state index < -0.39 is 0 Å². The predicted molar refractivity (Wildman–Crippen MR) is 57.0 cm³/mol. The molecule has 4 nitrogen and oxygen atoms in total. The number of nitrogens with one attached hydrogen (secondary N) is 1. The van der Waals surface area contributed by atoms with Gasteiger partial charge in [-0.2, -0.15) is 5.10 Å². The minimum absolute atomic E-state index is 0.0264. The molecule has 0 aliphatic carbocycles. The Hall–Kier alpha value is -1.03. The first kappa shape index (κ1) is 9.52. The van der Waals surface area contributed by atoms with Crippen LogP contribution in [0.25, 0.3) is 0 Å². The van der Waals surface area contributed by atoms with Crippen molar-refractivity contribution < 1.29 is 0 Å². The van der Waals surface area contributed by atoms with Crippen molar-refractivity contribution in [2.45, 2.75) is 39.3 Å². The second-order valence-electron chi connectivity index (χ2n) is 4.82. The first-order valence-corrected chi connectivity index (χ1v) is 5.07. The number of hydrogen-bond acceptors (Lipinski definition) is 3. The van der Waals surface area contributed by atoms with Crippen molar-refractivity contribution in [3.63, 3.8) is 0 Å². The Morgan fingerprint density at radius 3 is 2.71 bits per heavy atom. The summed E-state index contributed by atoms with van der Waals surface area (Å²) in [4.78, 5) is 0. The fourth-order valence-corrected chi connectivity index (χ4v) is 1.84. The SMILES string of the molecule is CC(C)(C)n1nc2c(c1N)CNCC2. The van der Waals surface area contributed by atoms with Crippen molar-refractivity contribution in [2.24, 2.45) is 0 Å². The van der Waals surface area contributed by atoms with Gasteiger partial charge in [-0.3, -0.25) is 0 Å². The summed E-state index contributed by atoms with van der Waals surface area (Å²) in [6, 6.07) is 0. The van der Waals surface area contributed by atoms with Gasteiger partial charge >= 0.3 is 0 Å². The summed E-state index contributed by atoms with van der Waals surface area (Å²) in [5.74, 6) is 0.819. The molecule has 2 heterocycles. The fraction of sp³-hybridized carbons (Fsp3) is 0.700. The molecule has 1 aromatic rings. The summed E-state index contributed by atoms with van der Waals surface area (Å²) < 4.78 is 1.94. The van der Waals surface area contributed by atoms with Gasteiger partial charge in [0.15, 0.2) is 0 Å². The molecule has 1 aromatic heterocycles. The molecule has 0 saturated carbocycles. The lowest BCUT2D eigenvalue weighted by Gasteiger charge is -2.20. The average Bonchev–Trinajstić information content (AvgIpc) is 2.44. The second kappa shape index (κ2) is 2.98. The lowest BCUT2D eigenvalue weighted by Crippen LogP contribution is -2.25. The lowest BCUT2D eigenvalue weighted by molar-refractivity contribution is 0.359. The van der Waals surface area contributed by atoms with Crippen molar-refractivity contribution >= 4 is 5.82 Å². The van der Waals surface area contributed by atoms with Crippen LogP contribution in [0.3, 0.4) is 0 Å². The Labute approximate surface area is 84.5 Å². The Morgan fingerprint density at radius 1 is 1.43 bits per heavy atom. The van der Waals surface area contributed by atoms with E-state index in [0.717, 1.165) is 31.0 Å². The lowest BCUT2D eigenvalue weighted by atomic mass is 10.1. The van der Waals surface area contributed by atoms with Crippen LogP contribution in [0.4, 0.5) is 5.82 Å². The van der Waals surface area contributed by atoms with Crippen LogP contribution < -0.4 is 11.1 Å². The second-order valence-corrected chi connectivity index (χ2v) is 4.82. The number of nitrogens with zero attached hydrogens (tertiary/aromatic N) is 2. The highest BCUT2D eigenvalue weighted by Gasteiger charge is 2.24. The maximum Gasteiger partial charge on any atom is 0.127 e. The largest absolute Gasteiger partial charge is 0.384 e. The molecule has 0 bridgehead atoms. The molecular weight excluding hydrogens is 176 g/mol. The number of aromatic nitrogens is 2. The van der Waals surface area contributed by atoms with Gasteiger partial charge < -0.3 is 11.1 Å². The summed E-state index contributed by atoms with van der Waals surface area (Å²) in [7, 11) is 0. The first-order chi connectivity index (χ1) is 6.50. The third kappa shape index (κ3) is 1.39. The van der Waals surface area contributed by atoms with E-state index in [4.69, 9.17) is 5.73 Å². The standard InChI is InChI=1S/C10H18N4/c1-10(2,3)14-9(11)7-6-12-5-4-8(7)13-14/h12H,4-6,11H2,1-3H3. The topological polar surface area (TPSA) is 55.9 Å². The third-order valence-electron chi connectivity index (χ3n) is 2.58.